The average molecular weight is 524 g/mol. The molecule has 4 rings (SSSR count). The van der Waals surface area contributed by atoms with Crippen LogP contribution in [0.15, 0.2) is 72.9 Å². The van der Waals surface area contributed by atoms with Gasteiger partial charge in [-0.3, -0.25) is 0 Å². The number of ether oxygens (including phenoxy) is 2. The van der Waals surface area contributed by atoms with Gasteiger partial charge in [0.05, 0.1) is 19.4 Å². The summed E-state index contributed by atoms with van der Waals surface area (Å²) < 4.78 is 36.7. The number of hydrogen-bond acceptors (Lipinski definition) is 6. The molecule has 1 aliphatic rings. The third kappa shape index (κ3) is 6.47. The zero-order valence-corrected chi connectivity index (χ0v) is 22.2. The molecule has 1 aliphatic heterocycles. The fourth-order valence-corrected chi connectivity index (χ4v) is 5.24. The van der Waals surface area contributed by atoms with Crippen molar-refractivity contribution in [3.8, 4) is 17.0 Å². The van der Waals surface area contributed by atoms with Gasteiger partial charge in [-0.2, -0.15) is 0 Å². The third-order valence-corrected chi connectivity index (χ3v) is 7.56. The van der Waals surface area contributed by atoms with Crippen LogP contribution in [0.4, 0.5) is 4.79 Å². The highest BCUT2D eigenvalue weighted by Gasteiger charge is 2.43. The number of aromatic nitrogens is 1. The first kappa shape index (κ1) is 26.6. The summed E-state index contributed by atoms with van der Waals surface area (Å²) >= 11 is 0. The van der Waals surface area contributed by atoms with E-state index >= 15 is 0 Å². The molecule has 3 aromatic rings. The van der Waals surface area contributed by atoms with Crippen LogP contribution in [0.1, 0.15) is 43.4 Å². The number of benzene rings is 2. The highest BCUT2D eigenvalue weighted by molar-refractivity contribution is 7.88. The van der Waals surface area contributed by atoms with Crippen LogP contribution in [0, 0.1) is 0 Å². The average Bonchev–Trinajstić information content (AvgIpc) is 2.91. The summed E-state index contributed by atoms with van der Waals surface area (Å²) in [4.78, 5) is 19.3. The summed E-state index contributed by atoms with van der Waals surface area (Å²) in [6, 6.07) is 21.4. The first-order chi connectivity index (χ1) is 17.7. The van der Waals surface area contributed by atoms with Crippen molar-refractivity contribution in [1.29, 1.82) is 0 Å². The Kier molecular flexibility index (Phi) is 8.14. The molecular formula is C28H33N3O5S. The molecule has 37 heavy (non-hydrogen) atoms. The van der Waals surface area contributed by atoms with E-state index < -0.39 is 15.6 Å². The number of methoxy groups -OCH3 is 1. The molecule has 1 fully saturated rings. The Morgan fingerprint density at radius 2 is 1.78 bits per heavy atom. The molecule has 1 N–H and O–H groups in total. The molecule has 1 amide bonds. The minimum absolute atomic E-state index is 0.170. The fraction of sp³-hybridized carbons (Fsp3) is 0.357. The van der Waals surface area contributed by atoms with Gasteiger partial charge in [0.25, 0.3) is 0 Å². The van der Waals surface area contributed by atoms with Crippen LogP contribution >= 0.6 is 0 Å². The van der Waals surface area contributed by atoms with Crippen LogP contribution in [-0.2, 0) is 20.4 Å². The lowest BCUT2D eigenvalue weighted by Gasteiger charge is -2.43. The van der Waals surface area contributed by atoms with E-state index in [0.717, 1.165) is 28.5 Å². The molecule has 196 valence electrons. The molecular weight excluding hydrogens is 490 g/mol. The number of nitrogens with one attached hydrogen (secondary N) is 1. The number of pyridine rings is 1. The molecule has 2 heterocycles. The fourth-order valence-electron chi connectivity index (χ4n) is 4.72. The second-order valence-electron chi connectivity index (χ2n) is 9.33. The van der Waals surface area contributed by atoms with Gasteiger partial charge in [0, 0.05) is 37.3 Å². The molecule has 0 radical (unpaired) electrons. The maximum atomic E-state index is 13.3. The van der Waals surface area contributed by atoms with E-state index in [4.69, 9.17) is 9.47 Å². The zero-order chi connectivity index (χ0) is 26.5. The maximum Gasteiger partial charge on any atom is 0.411 e. The number of hydrogen-bond donors (Lipinski definition) is 1. The number of rotatable bonds is 10. The van der Waals surface area contributed by atoms with Crippen LogP contribution in [0.25, 0.3) is 11.1 Å². The van der Waals surface area contributed by atoms with Gasteiger partial charge in [-0.25, -0.2) is 22.9 Å². The number of nitrogens with zero attached hydrogens (tertiary/aromatic N) is 2. The molecule has 0 bridgehead atoms. The summed E-state index contributed by atoms with van der Waals surface area (Å²) in [6.45, 7) is 2.82. The van der Waals surface area contributed by atoms with Gasteiger partial charge in [0.1, 0.15) is 5.60 Å². The normalized spacial score (nSPS) is 18.8. The predicted molar refractivity (Wildman–Crippen MR) is 143 cm³/mol. The molecule has 2 aromatic carbocycles. The van der Waals surface area contributed by atoms with Crippen molar-refractivity contribution in [1.82, 2.24) is 14.6 Å². The van der Waals surface area contributed by atoms with Gasteiger partial charge in [-0.15, -0.1) is 0 Å². The van der Waals surface area contributed by atoms with Gasteiger partial charge < -0.3 is 14.4 Å². The lowest BCUT2D eigenvalue weighted by Crippen LogP contribution is -2.49. The van der Waals surface area contributed by atoms with Crippen LogP contribution in [0.2, 0.25) is 0 Å². The molecule has 8 nitrogen and oxygen atoms in total. The van der Waals surface area contributed by atoms with E-state index in [2.05, 4.69) is 9.71 Å². The van der Waals surface area contributed by atoms with Crippen molar-refractivity contribution in [3.05, 3.63) is 84.1 Å². The molecule has 1 aromatic heterocycles. The molecule has 2 atom stereocenters. The van der Waals surface area contributed by atoms with Gasteiger partial charge in [-0.05, 0) is 42.5 Å². The lowest BCUT2D eigenvalue weighted by molar-refractivity contribution is -0.0662. The molecule has 1 saturated heterocycles. The van der Waals surface area contributed by atoms with Crippen LogP contribution in [0.3, 0.4) is 0 Å². The summed E-state index contributed by atoms with van der Waals surface area (Å²) in [6.07, 6.45) is 4.22. The Morgan fingerprint density at radius 3 is 2.38 bits per heavy atom. The van der Waals surface area contributed by atoms with E-state index in [9.17, 15) is 13.2 Å². The highest BCUT2D eigenvalue weighted by atomic mass is 32.2. The molecule has 9 heteroatoms. The Balaban J connectivity index is 1.46. The van der Waals surface area contributed by atoms with Crippen LogP contribution < -0.4 is 9.46 Å². The summed E-state index contributed by atoms with van der Waals surface area (Å²) in [7, 11) is -1.68. The SMILES string of the molecule is COc1ccc(-c2ccc([C@H](C)N3CC[C@@](CCCNS(C)(=O)=O)(c4ccccc4)OC3=O)cc2)cn1. The van der Waals surface area contributed by atoms with Crippen molar-refractivity contribution >= 4 is 16.1 Å². The lowest BCUT2D eigenvalue weighted by atomic mass is 9.84. The number of carbonyl (C=O) groups excluding carboxylic acids is 1. The first-order valence-corrected chi connectivity index (χ1v) is 14.2. The number of sulfonamides is 1. The van der Waals surface area contributed by atoms with Crippen LogP contribution in [0.5, 0.6) is 5.88 Å². The van der Waals surface area contributed by atoms with E-state index in [-0.39, 0.29) is 12.1 Å². The number of amides is 1. The quantitative estimate of drug-likeness (QED) is 0.380. The smallest absolute Gasteiger partial charge is 0.411 e. The number of cyclic esters (lactones) is 1. The maximum absolute atomic E-state index is 13.3. The summed E-state index contributed by atoms with van der Waals surface area (Å²) in [5.41, 5.74) is 3.15. The van der Waals surface area contributed by atoms with E-state index in [1.807, 2.05) is 73.7 Å². The second kappa shape index (κ2) is 11.3. The predicted octanol–water partition coefficient (Wildman–Crippen LogP) is 4.89. The van der Waals surface area contributed by atoms with Crippen molar-refractivity contribution in [2.75, 3.05) is 26.5 Å². The van der Waals surface area contributed by atoms with Gasteiger partial charge in [0.15, 0.2) is 0 Å². The van der Waals surface area contributed by atoms with Gasteiger partial charge in [-0.1, -0.05) is 54.6 Å². The summed E-state index contributed by atoms with van der Waals surface area (Å²) in [5, 5.41) is 0. The van der Waals surface area contributed by atoms with Crippen molar-refractivity contribution < 1.29 is 22.7 Å². The Morgan fingerprint density at radius 1 is 1.08 bits per heavy atom. The zero-order valence-electron chi connectivity index (χ0n) is 21.4. The Bertz CT molecular complexity index is 1300. The standard InChI is InChI=1S/C28H33N3O5S/c1-21(22-10-12-23(13-11-22)24-14-15-26(35-2)29-20-24)31-19-17-28(36-27(31)32,25-8-5-4-6-9-25)16-7-18-30-37(3,33)34/h4-6,8-15,20-21,30H,7,16-19H2,1-3H3/t21-,28-/m0/s1. The Labute approximate surface area is 218 Å². The molecule has 0 saturated carbocycles. The van der Waals surface area contributed by atoms with E-state index in [1.54, 1.807) is 18.2 Å². The monoisotopic (exact) mass is 523 g/mol. The third-order valence-electron chi connectivity index (χ3n) is 6.83. The number of carbonyl (C=O) groups is 1. The first-order valence-electron chi connectivity index (χ1n) is 12.3. The van der Waals surface area contributed by atoms with Gasteiger partial charge >= 0.3 is 6.09 Å². The molecule has 0 spiro atoms. The molecule has 0 unspecified atom stereocenters. The Hall–Kier alpha value is -3.43. The summed E-state index contributed by atoms with van der Waals surface area (Å²) in [5.74, 6) is 0.566. The molecule has 0 aliphatic carbocycles. The topological polar surface area (TPSA) is 97.8 Å². The minimum Gasteiger partial charge on any atom is -0.481 e. The van der Waals surface area contributed by atoms with Crippen molar-refractivity contribution in [2.45, 2.75) is 37.8 Å². The second-order valence-corrected chi connectivity index (χ2v) is 11.2. The largest absolute Gasteiger partial charge is 0.481 e. The highest BCUT2D eigenvalue weighted by Crippen LogP contribution is 2.40. The van der Waals surface area contributed by atoms with E-state index in [1.165, 1.54) is 0 Å². The minimum atomic E-state index is -3.27. The van der Waals surface area contributed by atoms with Crippen molar-refractivity contribution in [3.63, 3.8) is 0 Å². The van der Waals surface area contributed by atoms with Gasteiger partial charge in [0.2, 0.25) is 15.9 Å². The van der Waals surface area contributed by atoms with E-state index in [0.29, 0.717) is 38.2 Å². The van der Waals surface area contributed by atoms with Crippen LogP contribution in [-0.4, -0.2) is 50.9 Å². The van der Waals surface area contributed by atoms with Crippen molar-refractivity contribution in [2.24, 2.45) is 0 Å².